The molecule has 2 aromatic rings. The molecule has 0 N–H and O–H groups in total. The fourth-order valence-electron chi connectivity index (χ4n) is 2.08. The van der Waals surface area contributed by atoms with Gasteiger partial charge in [-0.1, -0.05) is 24.3 Å². The van der Waals surface area contributed by atoms with Crippen LogP contribution in [0.1, 0.15) is 34.8 Å². The van der Waals surface area contributed by atoms with Gasteiger partial charge in [0.1, 0.15) is 5.75 Å². The lowest BCUT2D eigenvalue weighted by Crippen LogP contribution is -2.00. The van der Waals surface area contributed by atoms with Crippen molar-refractivity contribution in [2.75, 3.05) is 12.4 Å². The molecule has 2 aromatic carbocycles. The monoisotopic (exact) mass is 314 g/mol. The Morgan fingerprint density at radius 3 is 2.50 bits per heavy atom. The molecule has 0 fully saturated rings. The predicted octanol–water partition coefficient (Wildman–Crippen LogP) is 5.07. The minimum Gasteiger partial charge on any atom is -0.493 e. The zero-order chi connectivity index (χ0) is 15.9. The molecule has 0 saturated carbocycles. The van der Waals surface area contributed by atoms with Gasteiger partial charge in [-0.2, -0.15) is 0 Å². The molecule has 0 aliphatic carbocycles. The Labute approximate surface area is 136 Å². The standard InChI is InChI=1S/C19H22O2S/c1-14-5-6-15(2)19(13-14)21-11-4-12-22-18-9-7-17(8-10-18)16(3)20/h5-10,13H,4,11-12H2,1-3H3. The summed E-state index contributed by atoms with van der Waals surface area (Å²) in [7, 11) is 0. The molecule has 0 saturated heterocycles. The fraction of sp³-hybridized carbons (Fsp3) is 0.316. The highest BCUT2D eigenvalue weighted by Gasteiger charge is 2.01. The van der Waals surface area contributed by atoms with Crippen molar-refractivity contribution in [3.05, 3.63) is 59.2 Å². The summed E-state index contributed by atoms with van der Waals surface area (Å²) in [5.74, 6) is 2.10. The summed E-state index contributed by atoms with van der Waals surface area (Å²) in [5.41, 5.74) is 3.17. The van der Waals surface area contributed by atoms with Gasteiger partial charge in [-0.05, 0) is 56.5 Å². The minimum atomic E-state index is 0.110. The summed E-state index contributed by atoms with van der Waals surface area (Å²) in [6.45, 7) is 6.46. The number of ketones is 1. The van der Waals surface area contributed by atoms with Gasteiger partial charge in [0.05, 0.1) is 6.61 Å². The second-order valence-electron chi connectivity index (χ2n) is 5.40. The third-order valence-corrected chi connectivity index (χ3v) is 4.52. The normalized spacial score (nSPS) is 10.5. The average Bonchev–Trinajstić information content (AvgIpc) is 2.50. The van der Waals surface area contributed by atoms with Crippen molar-refractivity contribution in [2.24, 2.45) is 0 Å². The molecule has 0 atom stereocenters. The maximum absolute atomic E-state index is 11.2. The van der Waals surface area contributed by atoms with E-state index in [1.807, 2.05) is 24.3 Å². The molecular formula is C19H22O2S. The number of Topliss-reactive ketones (excluding diaryl/α,β-unsaturated/α-hetero) is 1. The third-order valence-electron chi connectivity index (χ3n) is 3.42. The van der Waals surface area contributed by atoms with Gasteiger partial charge < -0.3 is 4.74 Å². The van der Waals surface area contributed by atoms with Gasteiger partial charge in [0, 0.05) is 16.2 Å². The molecule has 0 spiro atoms. The minimum absolute atomic E-state index is 0.110. The van der Waals surface area contributed by atoms with E-state index in [2.05, 4.69) is 32.0 Å². The summed E-state index contributed by atoms with van der Waals surface area (Å²) in [4.78, 5) is 12.4. The molecule has 0 radical (unpaired) electrons. The van der Waals surface area contributed by atoms with Crippen molar-refractivity contribution in [1.82, 2.24) is 0 Å². The van der Waals surface area contributed by atoms with E-state index in [1.54, 1.807) is 18.7 Å². The summed E-state index contributed by atoms with van der Waals surface area (Å²) < 4.78 is 5.85. The zero-order valence-corrected chi connectivity index (χ0v) is 14.2. The molecule has 0 aliphatic heterocycles. The largest absolute Gasteiger partial charge is 0.493 e. The smallest absolute Gasteiger partial charge is 0.159 e. The van der Waals surface area contributed by atoms with Crippen LogP contribution in [0, 0.1) is 13.8 Å². The second kappa shape index (κ2) is 8.04. The Bertz CT molecular complexity index is 632. The van der Waals surface area contributed by atoms with Crippen LogP contribution >= 0.6 is 11.8 Å². The second-order valence-corrected chi connectivity index (χ2v) is 6.57. The van der Waals surface area contributed by atoms with Crippen LogP contribution in [-0.2, 0) is 0 Å². The lowest BCUT2D eigenvalue weighted by atomic mass is 10.1. The number of benzene rings is 2. The van der Waals surface area contributed by atoms with Crippen LogP contribution in [0.4, 0.5) is 0 Å². The van der Waals surface area contributed by atoms with Crippen molar-refractivity contribution >= 4 is 17.5 Å². The van der Waals surface area contributed by atoms with Crippen LogP contribution in [0.25, 0.3) is 0 Å². The van der Waals surface area contributed by atoms with Gasteiger partial charge >= 0.3 is 0 Å². The molecule has 0 aromatic heterocycles. The van der Waals surface area contributed by atoms with Crippen molar-refractivity contribution < 1.29 is 9.53 Å². The summed E-state index contributed by atoms with van der Waals surface area (Å²) >= 11 is 1.79. The van der Waals surface area contributed by atoms with E-state index < -0.39 is 0 Å². The van der Waals surface area contributed by atoms with Crippen LogP contribution in [0.3, 0.4) is 0 Å². The van der Waals surface area contributed by atoms with Gasteiger partial charge in [0.25, 0.3) is 0 Å². The van der Waals surface area contributed by atoms with Crippen LogP contribution < -0.4 is 4.74 Å². The highest BCUT2D eigenvalue weighted by atomic mass is 32.2. The highest BCUT2D eigenvalue weighted by molar-refractivity contribution is 7.99. The molecule has 0 bridgehead atoms. The molecule has 0 amide bonds. The topological polar surface area (TPSA) is 26.3 Å². The summed E-state index contributed by atoms with van der Waals surface area (Å²) in [6, 6.07) is 14.1. The average molecular weight is 314 g/mol. The SMILES string of the molecule is CC(=O)c1ccc(SCCCOc2cc(C)ccc2C)cc1. The van der Waals surface area contributed by atoms with E-state index in [4.69, 9.17) is 4.74 Å². The summed E-state index contributed by atoms with van der Waals surface area (Å²) in [5, 5.41) is 0. The lowest BCUT2D eigenvalue weighted by molar-refractivity contribution is 0.101. The number of aryl methyl sites for hydroxylation is 2. The number of carbonyl (C=O) groups excluding carboxylic acids is 1. The van der Waals surface area contributed by atoms with E-state index in [0.29, 0.717) is 0 Å². The van der Waals surface area contributed by atoms with Crippen LogP contribution in [0.5, 0.6) is 5.75 Å². The number of ether oxygens (including phenoxy) is 1. The first-order valence-electron chi connectivity index (χ1n) is 7.50. The van der Waals surface area contributed by atoms with Gasteiger partial charge in [0.15, 0.2) is 5.78 Å². The Morgan fingerprint density at radius 2 is 1.82 bits per heavy atom. The molecule has 22 heavy (non-hydrogen) atoms. The Morgan fingerprint density at radius 1 is 1.09 bits per heavy atom. The Balaban J connectivity index is 1.73. The molecular weight excluding hydrogens is 292 g/mol. The Hall–Kier alpha value is -1.74. The first kappa shape index (κ1) is 16.6. The number of hydrogen-bond donors (Lipinski definition) is 0. The third kappa shape index (κ3) is 4.92. The quantitative estimate of drug-likeness (QED) is 0.405. The lowest BCUT2D eigenvalue weighted by Gasteiger charge is -2.10. The van der Waals surface area contributed by atoms with Crippen molar-refractivity contribution in [1.29, 1.82) is 0 Å². The molecule has 3 heteroatoms. The van der Waals surface area contributed by atoms with Gasteiger partial charge in [-0.3, -0.25) is 4.79 Å². The van der Waals surface area contributed by atoms with Crippen molar-refractivity contribution in [3.63, 3.8) is 0 Å². The van der Waals surface area contributed by atoms with Crippen molar-refractivity contribution in [2.45, 2.75) is 32.1 Å². The van der Waals surface area contributed by atoms with E-state index in [1.165, 1.54) is 16.0 Å². The molecule has 0 aliphatic rings. The Kier molecular flexibility index (Phi) is 6.08. The van der Waals surface area contributed by atoms with Crippen LogP contribution in [0.15, 0.2) is 47.4 Å². The number of carbonyl (C=O) groups is 1. The fourth-order valence-corrected chi connectivity index (χ4v) is 2.91. The zero-order valence-electron chi connectivity index (χ0n) is 13.4. The first-order chi connectivity index (χ1) is 10.6. The van der Waals surface area contributed by atoms with Gasteiger partial charge in [-0.15, -0.1) is 11.8 Å². The van der Waals surface area contributed by atoms with Crippen LogP contribution in [0.2, 0.25) is 0 Å². The maximum atomic E-state index is 11.2. The molecule has 2 nitrogen and oxygen atoms in total. The van der Waals surface area contributed by atoms with E-state index in [0.717, 1.165) is 30.1 Å². The first-order valence-corrected chi connectivity index (χ1v) is 8.48. The maximum Gasteiger partial charge on any atom is 0.159 e. The van der Waals surface area contributed by atoms with E-state index in [-0.39, 0.29) is 5.78 Å². The number of thioether (sulfide) groups is 1. The van der Waals surface area contributed by atoms with Gasteiger partial charge in [0.2, 0.25) is 0 Å². The highest BCUT2D eigenvalue weighted by Crippen LogP contribution is 2.21. The van der Waals surface area contributed by atoms with E-state index >= 15 is 0 Å². The number of rotatable bonds is 7. The number of hydrogen-bond acceptors (Lipinski definition) is 3. The molecule has 0 heterocycles. The molecule has 2 rings (SSSR count). The molecule has 0 unspecified atom stereocenters. The van der Waals surface area contributed by atoms with E-state index in [9.17, 15) is 4.79 Å². The summed E-state index contributed by atoms with van der Waals surface area (Å²) in [6.07, 6.45) is 0.993. The van der Waals surface area contributed by atoms with Crippen molar-refractivity contribution in [3.8, 4) is 5.75 Å². The molecule has 116 valence electrons. The van der Waals surface area contributed by atoms with Gasteiger partial charge in [-0.25, -0.2) is 0 Å². The van der Waals surface area contributed by atoms with Crippen LogP contribution in [-0.4, -0.2) is 18.1 Å². The predicted molar refractivity (Wildman–Crippen MR) is 93.2 cm³/mol.